The summed E-state index contributed by atoms with van der Waals surface area (Å²) in [4.78, 5) is 16.3. The molecule has 0 fully saturated rings. The Morgan fingerprint density at radius 2 is 2.25 bits per heavy atom. The number of carbonyl (C=O) groups excluding carboxylic acids is 1. The molecule has 1 aromatic carbocycles. The van der Waals surface area contributed by atoms with Crippen LogP contribution in [0.2, 0.25) is 0 Å². The lowest BCUT2D eigenvalue weighted by molar-refractivity contribution is 0.0950. The molecule has 1 aromatic heterocycles. The molecule has 0 aliphatic heterocycles. The second-order valence-electron chi connectivity index (χ2n) is 4.56. The quantitative estimate of drug-likeness (QED) is 0.858. The molecule has 5 heteroatoms. The fourth-order valence-electron chi connectivity index (χ4n) is 1.89. The normalized spacial score (nSPS) is 10.3. The zero-order valence-corrected chi connectivity index (χ0v) is 12.6. The van der Waals surface area contributed by atoms with Gasteiger partial charge in [-0.15, -0.1) is 11.3 Å². The van der Waals surface area contributed by atoms with E-state index in [2.05, 4.69) is 22.5 Å². The predicted octanol–water partition coefficient (Wildman–Crippen LogP) is 3.20. The van der Waals surface area contributed by atoms with Crippen LogP contribution >= 0.6 is 11.3 Å². The Morgan fingerprint density at radius 1 is 1.40 bits per heavy atom. The van der Waals surface area contributed by atoms with Gasteiger partial charge in [-0.2, -0.15) is 0 Å². The molecule has 0 unspecified atom stereocenters. The molecule has 4 nitrogen and oxygen atoms in total. The van der Waals surface area contributed by atoms with Crippen LogP contribution in [0.5, 0.6) is 0 Å². The van der Waals surface area contributed by atoms with E-state index >= 15 is 0 Å². The van der Waals surface area contributed by atoms with Crippen molar-refractivity contribution < 1.29 is 4.79 Å². The van der Waals surface area contributed by atoms with Crippen molar-refractivity contribution in [1.29, 1.82) is 0 Å². The Kier molecular flexibility index (Phi) is 5.12. The van der Waals surface area contributed by atoms with Crippen molar-refractivity contribution in [2.75, 3.05) is 11.9 Å². The summed E-state index contributed by atoms with van der Waals surface area (Å²) in [5.74, 6) is -0.0558. The molecule has 106 valence electrons. The topological polar surface area (TPSA) is 54.0 Å². The lowest BCUT2D eigenvalue weighted by atomic mass is 10.1. The van der Waals surface area contributed by atoms with Crippen LogP contribution in [0.15, 0.2) is 29.8 Å². The predicted molar refractivity (Wildman–Crippen MR) is 83.2 cm³/mol. The number of nitrogens with zero attached hydrogens (tertiary/aromatic N) is 1. The lowest BCUT2D eigenvalue weighted by Crippen LogP contribution is -2.23. The van der Waals surface area contributed by atoms with Gasteiger partial charge >= 0.3 is 0 Å². The molecule has 1 amide bonds. The monoisotopic (exact) mass is 289 g/mol. The van der Waals surface area contributed by atoms with E-state index in [0.717, 1.165) is 29.2 Å². The zero-order valence-electron chi connectivity index (χ0n) is 11.8. The average molecular weight is 289 g/mol. The van der Waals surface area contributed by atoms with Crippen LogP contribution in [-0.4, -0.2) is 17.4 Å². The number of aromatic nitrogens is 1. The summed E-state index contributed by atoms with van der Waals surface area (Å²) in [5.41, 5.74) is 2.74. The van der Waals surface area contributed by atoms with Crippen LogP contribution < -0.4 is 10.6 Å². The number of thiazole rings is 1. The van der Waals surface area contributed by atoms with Crippen LogP contribution in [0.3, 0.4) is 0 Å². The van der Waals surface area contributed by atoms with E-state index in [1.807, 2.05) is 30.5 Å². The van der Waals surface area contributed by atoms with E-state index in [0.29, 0.717) is 12.1 Å². The number of rotatable bonds is 6. The third-order valence-electron chi connectivity index (χ3n) is 2.93. The smallest absolute Gasteiger partial charge is 0.251 e. The van der Waals surface area contributed by atoms with Crippen molar-refractivity contribution in [3.05, 3.63) is 45.9 Å². The first kappa shape index (κ1) is 14.5. The van der Waals surface area contributed by atoms with Gasteiger partial charge in [0.15, 0.2) is 0 Å². The molecule has 20 heavy (non-hydrogen) atoms. The minimum atomic E-state index is -0.0558. The van der Waals surface area contributed by atoms with Gasteiger partial charge in [-0.3, -0.25) is 4.79 Å². The van der Waals surface area contributed by atoms with Crippen molar-refractivity contribution in [3.63, 3.8) is 0 Å². The highest BCUT2D eigenvalue weighted by Crippen LogP contribution is 2.15. The Labute approximate surface area is 123 Å². The molecule has 0 bridgehead atoms. The molecular weight excluding hydrogens is 270 g/mol. The van der Waals surface area contributed by atoms with Crippen LogP contribution in [0.1, 0.15) is 34.3 Å². The summed E-state index contributed by atoms with van der Waals surface area (Å²) >= 11 is 1.54. The second-order valence-corrected chi connectivity index (χ2v) is 5.54. The standard InChI is InChI=1S/C15H19N3OS/c1-3-6-16-12-4-5-13(11(2)9-12)15(19)18-10-14-17-7-8-20-14/h4-5,7-9,16H,3,6,10H2,1-2H3,(H,18,19). The SMILES string of the molecule is CCCNc1ccc(C(=O)NCc2nccs2)c(C)c1. The minimum Gasteiger partial charge on any atom is -0.385 e. The molecule has 0 radical (unpaired) electrons. The fraction of sp³-hybridized carbons (Fsp3) is 0.333. The molecule has 2 aromatic rings. The molecule has 1 heterocycles. The van der Waals surface area contributed by atoms with E-state index < -0.39 is 0 Å². The van der Waals surface area contributed by atoms with Crippen molar-refractivity contribution in [1.82, 2.24) is 10.3 Å². The summed E-state index contributed by atoms with van der Waals surface area (Å²) in [7, 11) is 0. The number of nitrogens with one attached hydrogen (secondary N) is 2. The third-order valence-corrected chi connectivity index (χ3v) is 3.71. The molecule has 0 saturated carbocycles. The van der Waals surface area contributed by atoms with E-state index in [9.17, 15) is 4.79 Å². The first-order valence-corrected chi connectivity index (χ1v) is 7.59. The highest BCUT2D eigenvalue weighted by molar-refractivity contribution is 7.09. The first-order valence-electron chi connectivity index (χ1n) is 6.71. The molecule has 0 aliphatic rings. The van der Waals surface area contributed by atoms with E-state index in [1.54, 1.807) is 6.20 Å². The number of benzene rings is 1. The van der Waals surface area contributed by atoms with Crippen molar-refractivity contribution in [3.8, 4) is 0 Å². The number of amides is 1. The van der Waals surface area contributed by atoms with Crippen LogP contribution in [0, 0.1) is 6.92 Å². The highest BCUT2D eigenvalue weighted by atomic mass is 32.1. The number of hydrogen-bond acceptors (Lipinski definition) is 4. The van der Waals surface area contributed by atoms with Crippen molar-refractivity contribution in [2.45, 2.75) is 26.8 Å². The average Bonchev–Trinajstić information content (AvgIpc) is 2.96. The molecule has 0 saturated heterocycles. The highest BCUT2D eigenvalue weighted by Gasteiger charge is 2.09. The molecule has 0 spiro atoms. The molecule has 0 aliphatic carbocycles. The Hall–Kier alpha value is -1.88. The fourth-order valence-corrected chi connectivity index (χ4v) is 2.45. The Balaban J connectivity index is 1.98. The Bertz CT molecular complexity index is 567. The van der Waals surface area contributed by atoms with E-state index in [4.69, 9.17) is 0 Å². The van der Waals surface area contributed by atoms with Gasteiger partial charge in [0, 0.05) is 29.4 Å². The van der Waals surface area contributed by atoms with Crippen LogP contribution in [0.25, 0.3) is 0 Å². The maximum Gasteiger partial charge on any atom is 0.251 e. The van der Waals surface area contributed by atoms with E-state index in [-0.39, 0.29) is 5.91 Å². The van der Waals surface area contributed by atoms with Gasteiger partial charge in [0.1, 0.15) is 5.01 Å². The Morgan fingerprint density at radius 3 is 2.90 bits per heavy atom. The summed E-state index contributed by atoms with van der Waals surface area (Å²) in [6, 6.07) is 5.82. The zero-order chi connectivity index (χ0) is 14.4. The molecule has 2 N–H and O–H groups in total. The first-order chi connectivity index (χ1) is 9.70. The van der Waals surface area contributed by atoms with Gasteiger partial charge in [-0.05, 0) is 37.1 Å². The number of carbonyl (C=O) groups is 1. The maximum absolute atomic E-state index is 12.1. The molecular formula is C15H19N3OS. The van der Waals surface area contributed by atoms with Gasteiger partial charge in [-0.25, -0.2) is 4.98 Å². The number of anilines is 1. The van der Waals surface area contributed by atoms with Gasteiger partial charge < -0.3 is 10.6 Å². The third kappa shape index (κ3) is 3.81. The van der Waals surface area contributed by atoms with Gasteiger partial charge in [-0.1, -0.05) is 6.92 Å². The van der Waals surface area contributed by atoms with Crippen molar-refractivity contribution >= 4 is 22.9 Å². The second kappa shape index (κ2) is 7.05. The number of aryl methyl sites for hydroxylation is 1. The largest absolute Gasteiger partial charge is 0.385 e. The lowest BCUT2D eigenvalue weighted by Gasteiger charge is -2.10. The molecule has 0 atom stereocenters. The van der Waals surface area contributed by atoms with E-state index in [1.165, 1.54) is 11.3 Å². The summed E-state index contributed by atoms with van der Waals surface area (Å²) in [6.07, 6.45) is 2.82. The maximum atomic E-state index is 12.1. The van der Waals surface area contributed by atoms with Crippen LogP contribution in [0.4, 0.5) is 5.69 Å². The summed E-state index contributed by atoms with van der Waals surface area (Å²) in [5, 5.41) is 9.03. The summed E-state index contributed by atoms with van der Waals surface area (Å²) in [6.45, 7) is 5.50. The minimum absolute atomic E-state index is 0.0558. The van der Waals surface area contributed by atoms with Crippen molar-refractivity contribution in [2.24, 2.45) is 0 Å². The molecule has 2 rings (SSSR count). The van der Waals surface area contributed by atoms with Gasteiger partial charge in [0.25, 0.3) is 5.91 Å². The number of hydrogen-bond donors (Lipinski definition) is 2. The van der Waals surface area contributed by atoms with Gasteiger partial charge in [0.2, 0.25) is 0 Å². The summed E-state index contributed by atoms with van der Waals surface area (Å²) < 4.78 is 0. The van der Waals surface area contributed by atoms with Crippen LogP contribution in [-0.2, 0) is 6.54 Å². The van der Waals surface area contributed by atoms with Gasteiger partial charge in [0.05, 0.1) is 6.54 Å².